The number of benzene rings is 2. The van der Waals surface area contributed by atoms with Crippen LogP contribution in [0.2, 0.25) is 0 Å². The van der Waals surface area contributed by atoms with Gasteiger partial charge >= 0.3 is 0 Å². The molecule has 0 aliphatic rings. The molecule has 2 rings (SSSR count). The molecule has 1 amide bonds. The predicted molar refractivity (Wildman–Crippen MR) is 104 cm³/mol. The molecule has 0 aliphatic carbocycles. The molecule has 2 aromatic carbocycles. The Morgan fingerprint density at radius 1 is 1.12 bits per heavy atom. The van der Waals surface area contributed by atoms with Gasteiger partial charge in [0.2, 0.25) is 5.91 Å². The van der Waals surface area contributed by atoms with E-state index in [9.17, 15) is 10.1 Å². The van der Waals surface area contributed by atoms with E-state index in [1.807, 2.05) is 54.4 Å². The number of hydrogen-bond acceptors (Lipinski definition) is 4. The third-order valence-corrected chi connectivity index (χ3v) is 3.84. The van der Waals surface area contributed by atoms with Crippen LogP contribution in [0.4, 0.5) is 11.4 Å². The summed E-state index contributed by atoms with van der Waals surface area (Å²) < 4.78 is 0. The van der Waals surface area contributed by atoms with Crippen LogP contribution in [0.5, 0.6) is 0 Å². The van der Waals surface area contributed by atoms with Gasteiger partial charge in [-0.1, -0.05) is 24.3 Å². The third kappa shape index (κ3) is 5.22. The Morgan fingerprint density at radius 2 is 1.77 bits per heavy atom. The molecule has 0 spiro atoms. The molecule has 0 bridgehead atoms. The maximum atomic E-state index is 11.1. The SMILES string of the molecule is CC(=O)Nc1ccc(C(C#N)=Cc2ccc(N(C)CCC#N)cc2)cc1. The van der Waals surface area contributed by atoms with Gasteiger partial charge in [-0.05, 0) is 41.5 Å². The number of carbonyl (C=O) groups is 1. The molecule has 5 nitrogen and oxygen atoms in total. The summed E-state index contributed by atoms with van der Waals surface area (Å²) in [6, 6.07) is 19.4. The molecule has 0 saturated carbocycles. The van der Waals surface area contributed by atoms with Crippen molar-refractivity contribution in [3.05, 3.63) is 59.7 Å². The van der Waals surface area contributed by atoms with Crippen LogP contribution in [-0.2, 0) is 4.79 Å². The van der Waals surface area contributed by atoms with Crippen molar-refractivity contribution in [3.63, 3.8) is 0 Å². The first-order valence-electron chi connectivity index (χ1n) is 8.21. The van der Waals surface area contributed by atoms with Crippen LogP contribution in [0.15, 0.2) is 48.5 Å². The van der Waals surface area contributed by atoms with E-state index in [0.717, 1.165) is 16.8 Å². The highest BCUT2D eigenvalue weighted by Gasteiger charge is 2.04. The van der Waals surface area contributed by atoms with Crippen LogP contribution in [0.25, 0.3) is 11.6 Å². The summed E-state index contributed by atoms with van der Waals surface area (Å²) in [7, 11) is 1.94. The standard InChI is InChI=1S/C21H20N4O/c1-16(26)24-20-8-6-18(7-9-20)19(15-23)14-17-4-10-21(11-5-17)25(2)13-3-12-22/h4-11,14H,3,13H2,1-2H3,(H,24,26). The molecule has 0 atom stereocenters. The van der Waals surface area contributed by atoms with Crippen molar-refractivity contribution in [2.24, 2.45) is 0 Å². The predicted octanol–water partition coefficient (Wildman–Crippen LogP) is 4.06. The van der Waals surface area contributed by atoms with Crippen molar-refractivity contribution < 1.29 is 4.79 Å². The van der Waals surface area contributed by atoms with E-state index in [0.29, 0.717) is 24.2 Å². The second-order valence-corrected chi connectivity index (χ2v) is 5.85. The van der Waals surface area contributed by atoms with E-state index in [2.05, 4.69) is 17.5 Å². The Bertz CT molecular complexity index is 868. The number of carbonyl (C=O) groups excluding carboxylic acids is 1. The first kappa shape index (κ1) is 18.8. The number of anilines is 2. The minimum Gasteiger partial charge on any atom is -0.374 e. The molecule has 0 aromatic heterocycles. The summed E-state index contributed by atoms with van der Waals surface area (Å²) in [4.78, 5) is 13.1. The van der Waals surface area contributed by atoms with Crippen molar-refractivity contribution >= 4 is 28.9 Å². The van der Waals surface area contributed by atoms with Gasteiger partial charge in [-0.25, -0.2) is 0 Å². The lowest BCUT2D eigenvalue weighted by Gasteiger charge is -2.17. The van der Waals surface area contributed by atoms with Gasteiger partial charge in [0, 0.05) is 31.9 Å². The zero-order valence-electron chi connectivity index (χ0n) is 14.9. The molecule has 5 heteroatoms. The van der Waals surface area contributed by atoms with Gasteiger partial charge in [0.1, 0.15) is 0 Å². The van der Waals surface area contributed by atoms with E-state index in [4.69, 9.17) is 5.26 Å². The fraction of sp³-hybridized carbons (Fsp3) is 0.190. The van der Waals surface area contributed by atoms with Gasteiger partial charge < -0.3 is 10.2 Å². The number of amides is 1. The lowest BCUT2D eigenvalue weighted by Crippen LogP contribution is -2.17. The number of allylic oxidation sites excluding steroid dienone is 1. The normalized spacial score (nSPS) is 10.5. The molecule has 0 unspecified atom stereocenters. The van der Waals surface area contributed by atoms with Crippen LogP contribution >= 0.6 is 0 Å². The third-order valence-electron chi connectivity index (χ3n) is 3.84. The summed E-state index contributed by atoms with van der Waals surface area (Å²) in [6.45, 7) is 2.13. The fourth-order valence-corrected chi connectivity index (χ4v) is 2.46. The van der Waals surface area contributed by atoms with E-state index >= 15 is 0 Å². The van der Waals surface area contributed by atoms with Crippen molar-refractivity contribution in [1.29, 1.82) is 10.5 Å². The summed E-state index contributed by atoms with van der Waals surface area (Å²) in [5.74, 6) is -0.131. The Hall–Kier alpha value is -3.57. The van der Waals surface area contributed by atoms with E-state index in [-0.39, 0.29) is 5.91 Å². The Balaban J connectivity index is 2.17. The average Bonchev–Trinajstić information content (AvgIpc) is 2.65. The Labute approximate surface area is 153 Å². The van der Waals surface area contributed by atoms with E-state index < -0.39 is 0 Å². The van der Waals surface area contributed by atoms with Gasteiger partial charge in [-0.15, -0.1) is 0 Å². The average molecular weight is 344 g/mol. The van der Waals surface area contributed by atoms with Crippen molar-refractivity contribution in [2.75, 3.05) is 23.8 Å². The number of nitrogens with zero attached hydrogens (tertiary/aromatic N) is 3. The molecule has 26 heavy (non-hydrogen) atoms. The van der Waals surface area contributed by atoms with Crippen LogP contribution in [0.3, 0.4) is 0 Å². The van der Waals surface area contributed by atoms with Gasteiger partial charge in [0.25, 0.3) is 0 Å². The molecule has 0 radical (unpaired) electrons. The van der Waals surface area contributed by atoms with Gasteiger partial charge in [0.05, 0.1) is 24.1 Å². The number of nitrogens with one attached hydrogen (secondary N) is 1. The zero-order valence-corrected chi connectivity index (χ0v) is 14.9. The quantitative estimate of drug-likeness (QED) is 0.633. The summed E-state index contributed by atoms with van der Waals surface area (Å²) in [5.41, 5.74) is 3.98. The van der Waals surface area contributed by atoms with Crippen molar-refractivity contribution in [3.8, 4) is 12.1 Å². The zero-order chi connectivity index (χ0) is 18.9. The van der Waals surface area contributed by atoms with Gasteiger partial charge in [-0.3, -0.25) is 4.79 Å². The number of nitriles is 2. The lowest BCUT2D eigenvalue weighted by atomic mass is 10.0. The van der Waals surface area contributed by atoms with Crippen LogP contribution < -0.4 is 10.2 Å². The number of hydrogen-bond donors (Lipinski definition) is 1. The van der Waals surface area contributed by atoms with Crippen LogP contribution in [0.1, 0.15) is 24.5 Å². The highest BCUT2D eigenvalue weighted by atomic mass is 16.1. The largest absolute Gasteiger partial charge is 0.374 e. The van der Waals surface area contributed by atoms with E-state index in [1.165, 1.54) is 6.92 Å². The van der Waals surface area contributed by atoms with E-state index in [1.54, 1.807) is 12.1 Å². The lowest BCUT2D eigenvalue weighted by molar-refractivity contribution is -0.114. The molecule has 0 aliphatic heterocycles. The van der Waals surface area contributed by atoms with Crippen LogP contribution in [-0.4, -0.2) is 19.5 Å². The highest BCUT2D eigenvalue weighted by Crippen LogP contribution is 2.21. The Morgan fingerprint density at radius 3 is 2.31 bits per heavy atom. The maximum absolute atomic E-state index is 11.1. The van der Waals surface area contributed by atoms with Crippen molar-refractivity contribution in [2.45, 2.75) is 13.3 Å². The Kier molecular flexibility index (Phi) is 6.53. The summed E-state index contributed by atoms with van der Waals surface area (Å²) in [5, 5.41) is 20.8. The maximum Gasteiger partial charge on any atom is 0.221 e. The highest BCUT2D eigenvalue weighted by molar-refractivity contribution is 5.91. The molecule has 130 valence electrons. The molecule has 0 fully saturated rings. The molecule has 1 N–H and O–H groups in total. The topological polar surface area (TPSA) is 79.9 Å². The molecular weight excluding hydrogens is 324 g/mol. The molecule has 0 saturated heterocycles. The summed E-state index contributed by atoms with van der Waals surface area (Å²) >= 11 is 0. The van der Waals surface area contributed by atoms with Gasteiger partial charge in [-0.2, -0.15) is 10.5 Å². The van der Waals surface area contributed by atoms with Crippen LogP contribution in [0, 0.1) is 22.7 Å². The monoisotopic (exact) mass is 344 g/mol. The van der Waals surface area contributed by atoms with Gasteiger partial charge in [0.15, 0.2) is 0 Å². The fourth-order valence-electron chi connectivity index (χ4n) is 2.46. The molecular formula is C21H20N4O. The smallest absolute Gasteiger partial charge is 0.221 e. The molecule has 2 aromatic rings. The second kappa shape index (κ2) is 9.05. The first-order valence-corrected chi connectivity index (χ1v) is 8.21. The summed E-state index contributed by atoms with van der Waals surface area (Å²) in [6.07, 6.45) is 2.30. The number of rotatable bonds is 6. The second-order valence-electron chi connectivity index (χ2n) is 5.85. The minimum atomic E-state index is -0.131. The minimum absolute atomic E-state index is 0.131. The first-order chi connectivity index (χ1) is 12.5. The van der Waals surface area contributed by atoms with Crippen molar-refractivity contribution in [1.82, 2.24) is 0 Å². The molecule has 0 heterocycles.